The number of para-hydroxylation sites is 1. The number of aliphatic hydroxyl groups is 1. The zero-order valence-electron chi connectivity index (χ0n) is 12.0. The molecule has 0 saturated carbocycles. The quantitative estimate of drug-likeness (QED) is 0.823. The number of halogens is 1. The van der Waals surface area contributed by atoms with E-state index in [9.17, 15) is 9.50 Å². The van der Waals surface area contributed by atoms with E-state index in [1.807, 2.05) is 37.3 Å². The molecule has 0 aliphatic heterocycles. The SMILES string of the molecule is CC(NCC(O)COc1ccccc1F)c1ccccc1. The Morgan fingerprint density at radius 2 is 1.76 bits per heavy atom. The van der Waals surface area contributed by atoms with Gasteiger partial charge in [0.15, 0.2) is 11.6 Å². The zero-order chi connectivity index (χ0) is 15.1. The fourth-order valence-corrected chi connectivity index (χ4v) is 1.98. The Morgan fingerprint density at radius 1 is 1.10 bits per heavy atom. The maximum atomic E-state index is 13.4. The van der Waals surface area contributed by atoms with Crippen molar-refractivity contribution < 1.29 is 14.2 Å². The molecule has 21 heavy (non-hydrogen) atoms. The molecular formula is C17H20FNO2. The van der Waals surface area contributed by atoms with Crippen LogP contribution in [0.3, 0.4) is 0 Å². The van der Waals surface area contributed by atoms with Crippen LogP contribution in [0.2, 0.25) is 0 Å². The van der Waals surface area contributed by atoms with E-state index in [0.29, 0.717) is 6.54 Å². The van der Waals surface area contributed by atoms with Gasteiger partial charge in [-0.3, -0.25) is 0 Å². The van der Waals surface area contributed by atoms with Crippen LogP contribution >= 0.6 is 0 Å². The molecule has 0 radical (unpaired) electrons. The van der Waals surface area contributed by atoms with Gasteiger partial charge in [0.1, 0.15) is 12.7 Å². The molecule has 0 bridgehead atoms. The molecule has 0 aliphatic carbocycles. The molecule has 2 aromatic rings. The predicted molar refractivity (Wildman–Crippen MR) is 80.8 cm³/mol. The summed E-state index contributed by atoms with van der Waals surface area (Å²) in [6, 6.07) is 16.3. The van der Waals surface area contributed by atoms with Gasteiger partial charge in [-0.05, 0) is 24.6 Å². The molecule has 3 nitrogen and oxygen atoms in total. The predicted octanol–water partition coefficient (Wildman–Crippen LogP) is 2.92. The summed E-state index contributed by atoms with van der Waals surface area (Å²) in [6.07, 6.45) is -0.698. The van der Waals surface area contributed by atoms with Crippen molar-refractivity contribution in [2.75, 3.05) is 13.2 Å². The molecule has 0 heterocycles. The summed E-state index contributed by atoms with van der Waals surface area (Å²) >= 11 is 0. The lowest BCUT2D eigenvalue weighted by molar-refractivity contribution is 0.102. The molecule has 0 spiro atoms. The summed E-state index contributed by atoms with van der Waals surface area (Å²) < 4.78 is 18.6. The summed E-state index contributed by atoms with van der Waals surface area (Å²) in [5.41, 5.74) is 1.15. The molecule has 2 atom stereocenters. The fourth-order valence-electron chi connectivity index (χ4n) is 1.98. The van der Waals surface area contributed by atoms with E-state index in [1.165, 1.54) is 6.07 Å². The van der Waals surface area contributed by atoms with E-state index in [0.717, 1.165) is 5.56 Å². The number of ether oxygens (including phenoxy) is 1. The van der Waals surface area contributed by atoms with Crippen LogP contribution in [0, 0.1) is 5.82 Å². The lowest BCUT2D eigenvalue weighted by Gasteiger charge is -2.18. The number of nitrogens with one attached hydrogen (secondary N) is 1. The van der Waals surface area contributed by atoms with Crippen molar-refractivity contribution >= 4 is 0 Å². The van der Waals surface area contributed by atoms with Crippen LogP contribution in [0.5, 0.6) is 5.75 Å². The number of benzene rings is 2. The van der Waals surface area contributed by atoms with Crippen molar-refractivity contribution in [3.05, 3.63) is 66.0 Å². The topological polar surface area (TPSA) is 41.5 Å². The van der Waals surface area contributed by atoms with E-state index in [4.69, 9.17) is 4.74 Å². The molecule has 2 N–H and O–H groups in total. The smallest absolute Gasteiger partial charge is 0.165 e. The van der Waals surface area contributed by atoms with E-state index in [2.05, 4.69) is 5.32 Å². The number of hydrogen-bond acceptors (Lipinski definition) is 3. The summed E-state index contributed by atoms with van der Waals surface area (Å²) in [5.74, 6) is -0.261. The molecule has 0 fully saturated rings. The van der Waals surface area contributed by atoms with Crippen LogP contribution in [0.25, 0.3) is 0 Å². The first-order valence-corrected chi connectivity index (χ1v) is 7.00. The molecule has 0 aliphatic rings. The molecule has 112 valence electrons. The summed E-state index contributed by atoms with van der Waals surface area (Å²) in [5, 5.41) is 13.1. The zero-order valence-corrected chi connectivity index (χ0v) is 12.0. The Hall–Kier alpha value is -1.91. The highest BCUT2D eigenvalue weighted by Crippen LogP contribution is 2.15. The normalized spacial score (nSPS) is 13.7. The van der Waals surface area contributed by atoms with Gasteiger partial charge >= 0.3 is 0 Å². The molecule has 0 amide bonds. The molecule has 2 unspecified atom stereocenters. The van der Waals surface area contributed by atoms with Gasteiger partial charge < -0.3 is 15.2 Å². The first-order chi connectivity index (χ1) is 10.2. The van der Waals surface area contributed by atoms with Gasteiger partial charge in [-0.2, -0.15) is 0 Å². The Kier molecular flexibility index (Phi) is 5.72. The Balaban J connectivity index is 1.75. The van der Waals surface area contributed by atoms with E-state index in [-0.39, 0.29) is 18.4 Å². The van der Waals surface area contributed by atoms with Gasteiger partial charge in [0.25, 0.3) is 0 Å². The highest BCUT2D eigenvalue weighted by Gasteiger charge is 2.10. The summed E-state index contributed by atoms with van der Waals surface area (Å²) in [4.78, 5) is 0. The van der Waals surface area contributed by atoms with Crippen LogP contribution in [0.15, 0.2) is 54.6 Å². The van der Waals surface area contributed by atoms with E-state index < -0.39 is 11.9 Å². The third-order valence-electron chi connectivity index (χ3n) is 3.23. The number of aliphatic hydroxyl groups excluding tert-OH is 1. The Bertz CT molecular complexity index is 547. The van der Waals surface area contributed by atoms with Gasteiger partial charge in [-0.25, -0.2) is 4.39 Å². The molecule has 4 heteroatoms. The second kappa shape index (κ2) is 7.76. The summed E-state index contributed by atoms with van der Waals surface area (Å²) in [7, 11) is 0. The van der Waals surface area contributed by atoms with Crippen molar-refractivity contribution in [2.45, 2.75) is 19.1 Å². The second-order valence-corrected chi connectivity index (χ2v) is 4.94. The van der Waals surface area contributed by atoms with Crippen molar-refractivity contribution in [1.29, 1.82) is 0 Å². The largest absolute Gasteiger partial charge is 0.488 e. The number of hydrogen-bond donors (Lipinski definition) is 2. The first kappa shape index (κ1) is 15.5. The van der Waals surface area contributed by atoms with Gasteiger partial charge in [-0.1, -0.05) is 42.5 Å². The van der Waals surface area contributed by atoms with Crippen molar-refractivity contribution in [1.82, 2.24) is 5.32 Å². The van der Waals surface area contributed by atoms with Gasteiger partial charge in [-0.15, -0.1) is 0 Å². The fraction of sp³-hybridized carbons (Fsp3) is 0.294. The minimum absolute atomic E-state index is 0.0510. The highest BCUT2D eigenvalue weighted by molar-refractivity contribution is 5.23. The Morgan fingerprint density at radius 3 is 2.48 bits per heavy atom. The minimum atomic E-state index is -0.698. The van der Waals surface area contributed by atoms with Gasteiger partial charge in [0, 0.05) is 12.6 Å². The van der Waals surface area contributed by atoms with Crippen LogP contribution in [0.1, 0.15) is 18.5 Å². The van der Waals surface area contributed by atoms with Gasteiger partial charge in [0.2, 0.25) is 0 Å². The monoisotopic (exact) mass is 289 g/mol. The van der Waals surface area contributed by atoms with Crippen molar-refractivity contribution in [3.8, 4) is 5.75 Å². The first-order valence-electron chi connectivity index (χ1n) is 7.00. The van der Waals surface area contributed by atoms with E-state index >= 15 is 0 Å². The van der Waals surface area contributed by atoms with Crippen LogP contribution < -0.4 is 10.1 Å². The third-order valence-corrected chi connectivity index (χ3v) is 3.23. The number of rotatable bonds is 7. The molecule has 0 aromatic heterocycles. The molecule has 2 aromatic carbocycles. The van der Waals surface area contributed by atoms with Crippen LogP contribution in [-0.4, -0.2) is 24.4 Å². The minimum Gasteiger partial charge on any atom is -0.488 e. The maximum Gasteiger partial charge on any atom is 0.165 e. The average molecular weight is 289 g/mol. The highest BCUT2D eigenvalue weighted by atomic mass is 19.1. The van der Waals surface area contributed by atoms with Crippen LogP contribution in [0.4, 0.5) is 4.39 Å². The van der Waals surface area contributed by atoms with Crippen LogP contribution in [-0.2, 0) is 0 Å². The third kappa shape index (κ3) is 4.85. The molecule has 2 rings (SSSR count). The van der Waals surface area contributed by atoms with Gasteiger partial charge in [0.05, 0.1) is 0 Å². The van der Waals surface area contributed by atoms with Crippen molar-refractivity contribution in [3.63, 3.8) is 0 Å². The lowest BCUT2D eigenvalue weighted by Crippen LogP contribution is -2.33. The maximum absolute atomic E-state index is 13.4. The Labute approximate surface area is 124 Å². The van der Waals surface area contributed by atoms with E-state index in [1.54, 1.807) is 18.2 Å². The molecule has 0 saturated heterocycles. The average Bonchev–Trinajstić information content (AvgIpc) is 2.52. The summed E-state index contributed by atoms with van der Waals surface area (Å²) in [6.45, 7) is 2.46. The second-order valence-electron chi connectivity index (χ2n) is 4.94. The molecular weight excluding hydrogens is 269 g/mol. The standard InChI is InChI=1S/C17H20FNO2/c1-13(14-7-3-2-4-8-14)19-11-15(20)12-21-17-10-6-5-9-16(17)18/h2-10,13,15,19-20H,11-12H2,1H3. The lowest BCUT2D eigenvalue weighted by atomic mass is 10.1. The van der Waals surface area contributed by atoms with Crippen molar-refractivity contribution in [2.24, 2.45) is 0 Å².